The van der Waals surface area contributed by atoms with Crippen molar-refractivity contribution in [3.8, 4) is 0 Å². The largest absolute Gasteiger partial charge is 0.384 e. The van der Waals surface area contributed by atoms with Crippen LogP contribution in [0.4, 0.5) is 11.4 Å². The van der Waals surface area contributed by atoms with E-state index >= 15 is 0 Å². The highest BCUT2D eigenvalue weighted by Gasteiger charge is 2.05. The van der Waals surface area contributed by atoms with Gasteiger partial charge in [-0.2, -0.15) is 0 Å². The molecule has 0 aliphatic carbocycles. The van der Waals surface area contributed by atoms with Gasteiger partial charge in [0.05, 0.1) is 0 Å². The van der Waals surface area contributed by atoms with E-state index < -0.39 is 0 Å². The lowest BCUT2D eigenvalue weighted by molar-refractivity contribution is -0.115. The smallest absolute Gasteiger partial charge is 0.226 e. The standard InChI is InChI=1S/C18H21BrN2O/c1-12-4-7-17(14(3)10-12)21-18(22)8-9-20-15-6-5-13(2)16(19)11-15/h4-7,10-11,20H,8-9H2,1-3H3,(H,21,22). The second-order valence-corrected chi connectivity index (χ2v) is 6.36. The molecule has 0 spiro atoms. The molecule has 0 atom stereocenters. The Bertz CT molecular complexity index is 683. The van der Waals surface area contributed by atoms with Crippen LogP contribution in [0.2, 0.25) is 0 Å². The van der Waals surface area contributed by atoms with Crippen LogP contribution in [0, 0.1) is 20.8 Å². The number of hydrogen-bond acceptors (Lipinski definition) is 2. The van der Waals surface area contributed by atoms with Crippen molar-refractivity contribution >= 4 is 33.2 Å². The Morgan fingerprint density at radius 1 is 1.05 bits per heavy atom. The predicted octanol–water partition coefficient (Wildman–Crippen LogP) is 4.82. The minimum atomic E-state index is 0.0191. The minimum absolute atomic E-state index is 0.0191. The third-order valence-electron chi connectivity index (χ3n) is 3.51. The first-order valence-corrected chi connectivity index (χ1v) is 8.12. The molecular formula is C18H21BrN2O. The lowest BCUT2D eigenvalue weighted by atomic mass is 10.1. The average molecular weight is 361 g/mol. The zero-order valence-corrected chi connectivity index (χ0v) is 14.8. The molecule has 22 heavy (non-hydrogen) atoms. The van der Waals surface area contributed by atoms with Crippen molar-refractivity contribution < 1.29 is 4.79 Å². The van der Waals surface area contributed by atoms with Gasteiger partial charge in [0.1, 0.15) is 0 Å². The predicted molar refractivity (Wildman–Crippen MR) is 96.5 cm³/mol. The summed E-state index contributed by atoms with van der Waals surface area (Å²) in [6, 6.07) is 12.1. The van der Waals surface area contributed by atoms with E-state index in [1.54, 1.807) is 0 Å². The fourth-order valence-corrected chi connectivity index (χ4v) is 2.57. The normalized spacial score (nSPS) is 10.4. The molecule has 0 saturated carbocycles. The van der Waals surface area contributed by atoms with Gasteiger partial charge in [-0.05, 0) is 50.1 Å². The quantitative estimate of drug-likeness (QED) is 0.802. The molecule has 2 aromatic carbocycles. The Labute approximate surface area is 140 Å². The molecule has 1 amide bonds. The topological polar surface area (TPSA) is 41.1 Å². The number of nitrogens with one attached hydrogen (secondary N) is 2. The first-order chi connectivity index (χ1) is 10.5. The summed E-state index contributed by atoms with van der Waals surface area (Å²) in [5, 5.41) is 6.22. The molecule has 0 heterocycles. The molecule has 4 heteroatoms. The number of aryl methyl sites for hydroxylation is 3. The Morgan fingerprint density at radius 3 is 2.50 bits per heavy atom. The van der Waals surface area contributed by atoms with E-state index in [4.69, 9.17) is 0 Å². The van der Waals surface area contributed by atoms with Crippen molar-refractivity contribution in [2.45, 2.75) is 27.2 Å². The van der Waals surface area contributed by atoms with Gasteiger partial charge >= 0.3 is 0 Å². The Morgan fingerprint density at radius 2 is 1.82 bits per heavy atom. The van der Waals surface area contributed by atoms with Crippen LogP contribution in [0.15, 0.2) is 40.9 Å². The number of rotatable bonds is 5. The van der Waals surface area contributed by atoms with E-state index in [1.165, 1.54) is 11.1 Å². The van der Waals surface area contributed by atoms with E-state index in [2.05, 4.69) is 32.6 Å². The molecule has 2 rings (SSSR count). The van der Waals surface area contributed by atoms with E-state index in [0.29, 0.717) is 13.0 Å². The molecule has 2 N–H and O–H groups in total. The fraction of sp³-hybridized carbons (Fsp3) is 0.278. The maximum atomic E-state index is 12.0. The number of amides is 1. The van der Waals surface area contributed by atoms with Gasteiger partial charge in [-0.3, -0.25) is 4.79 Å². The van der Waals surface area contributed by atoms with Gasteiger partial charge in [-0.15, -0.1) is 0 Å². The van der Waals surface area contributed by atoms with Crippen molar-refractivity contribution in [1.29, 1.82) is 0 Å². The summed E-state index contributed by atoms with van der Waals surface area (Å²) in [7, 11) is 0. The zero-order chi connectivity index (χ0) is 16.1. The second-order valence-electron chi connectivity index (χ2n) is 5.51. The van der Waals surface area contributed by atoms with Gasteiger partial charge in [0.15, 0.2) is 0 Å². The third kappa shape index (κ3) is 4.60. The molecule has 0 unspecified atom stereocenters. The van der Waals surface area contributed by atoms with Crippen LogP contribution in [-0.2, 0) is 4.79 Å². The maximum Gasteiger partial charge on any atom is 0.226 e. The first-order valence-electron chi connectivity index (χ1n) is 7.33. The van der Waals surface area contributed by atoms with Crippen LogP contribution in [0.3, 0.4) is 0 Å². The van der Waals surface area contributed by atoms with Gasteiger partial charge in [-0.25, -0.2) is 0 Å². The summed E-state index contributed by atoms with van der Waals surface area (Å²) < 4.78 is 1.07. The minimum Gasteiger partial charge on any atom is -0.384 e. The number of carbonyl (C=O) groups is 1. The summed E-state index contributed by atoms with van der Waals surface area (Å²) in [5.41, 5.74) is 5.37. The van der Waals surface area contributed by atoms with Gasteiger partial charge in [-0.1, -0.05) is 39.7 Å². The Hall–Kier alpha value is -1.81. The SMILES string of the molecule is Cc1ccc(NC(=O)CCNc2ccc(C)c(Br)c2)c(C)c1. The lowest BCUT2D eigenvalue weighted by Crippen LogP contribution is -2.16. The van der Waals surface area contributed by atoms with E-state index in [-0.39, 0.29) is 5.91 Å². The van der Waals surface area contributed by atoms with Gasteiger partial charge < -0.3 is 10.6 Å². The average Bonchev–Trinajstić information content (AvgIpc) is 2.46. The molecule has 0 saturated heterocycles. The molecule has 0 aliphatic heterocycles. The van der Waals surface area contributed by atoms with Gasteiger partial charge in [0.2, 0.25) is 5.91 Å². The monoisotopic (exact) mass is 360 g/mol. The van der Waals surface area contributed by atoms with E-state index in [1.807, 2.05) is 51.1 Å². The third-order valence-corrected chi connectivity index (χ3v) is 4.36. The fourth-order valence-electron chi connectivity index (χ4n) is 2.19. The second kappa shape index (κ2) is 7.45. The van der Waals surface area contributed by atoms with Crippen molar-refractivity contribution in [2.75, 3.05) is 17.2 Å². The zero-order valence-electron chi connectivity index (χ0n) is 13.2. The van der Waals surface area contributed by atoms with Crippen LogP contribution in [0.25, 0.3) is 0 Å². The Balaban J connectivity index is 1.83. The summed E-state index contributed by atoms with van der Waals surface area (Å²) in [6.45, 7) is 6.70. The number of hydrogen-bond donors (Lipinski definition) is 2. The molecule has 2 aromatic rings. The Kier molecular flexibility index (Phi) is 5.61. The number of carbonyl (C=O) groups excluding carboxylic acids is 1. The van der Waals surface area contributed by atoms with Crippen molar-refractivity contribution in [2.24, 2.45) is 0 Å². The summed E-state index contributed by atoms with van der Waals surface area (Å²) in [5.74, 6) is 0.0191. The van der Waals surface area contributed by atoms with Crippen LogP contribution in [0.5, 0.6) is 0 Å². The maximum absolute atomic E-state index is 12.0. The number of anilines is 2. The summed E-state index contributed by atoms with van der Waals surface area (Å²) in [6.07, 6.45) is 0.429. The first kappa shape index (κ1) is 16.6. The van der Waals surface area contributed by atoms with Gasteiger partial charge in [0, 0.05) is 28.8 Å². The van der Waals surface area contributed by atoms with E-state index in [9.17, 15) is 4.79 Å². The molecule has 3 nitrogen and oxygen atoms in total. The van der Waals surface area contributed by atoms with Crippen molar-refractivity contribution in [1.82, 2.24) is 0 Å². The summed E-state index contributed by atoms with van der Waals surface area (Å²) >= 11 is 3.51. The molecule has 0 aliphatic rings. The number of halogens is 1. The molecule has 0 bridgehead atoms. The van der Waals surface area contributed by atoms with Crippen LogP contribution in [-0.4, -0.2) is 12.5 Å². The lowest BCUT2D eigenvalue weighted by Gasteiger charge is -2.10. The molecule has 116 valence electrons. The highest BCUT2D eigenvalue weighted by Crippen LogP contribution is 2.20. The highest BCUT2D eigenvalue weighted by atomic mass is 79.9. The van der Waals surface area contributed by atoms with Crippen molar-refractivity contribution in [3.05, 3.63) is 57.6 Å². The molecule has 0 fully saturated rings. The highest BCUT2D eigenvalue weighted by molar-refractivity contribution is 9.10. The van der Waals surface area contributed by atoms with Crippen LogP contribution < -0.4 is 10.6 Å². The molecule has 0 radical (unpaired) electrons. The summed E-state index contributed by atoms with van der Waals surface area (Å²) in [4.78, 5) is 12.0. The van der Waals surface area contributed by atoms with Crippen LogP contribution in [0.1, 0.15) is 23.1 Å². The van der Waals surface area contributed by atoms with Gasteiger partial charge in [0.25, 0.3) is 0 Å². The van der Waals surface area contributed by atoms with Crippen LogP contribution >= 0.6 is 15.9 Å². The number of benzene rings is 2. The molecule has 0 aromatic heterocycles. The van der Waals surface area contributed by atoms with E-state index in [0.717, 1.165) is 21.4 Å². The molecular weight excluding hydrogens is 340 g/mol. The van der Waals surface area contributed by atoms with Crippen molar-refractivity contribution in [3.63, 3.8) is 0 Å².